The average Bonchev–Trinajstić information content (AvgIpc) is 2.49. The van der Waals surface area contributed by atoms with Crippen LogP contribution in [0.3, 0.4) is 0 Å². The number of nitrogens with one attached hydrogen (secondary N) is 2. The number of carbonyl (C=O) groups is 1. The van der Waals surface area contributed by atoms with E-state index >= 15 is 0 Å². The fraction of sp³-hybridized carbons (Fsp3) is 0.235. The van der Waals surface area contributed by atoms with E-state index in [0.29, 0.717) is 23.9 Å². The van der Waals surface area contributed by atoms with E-state index in [9.17, 15) is 4.79 Å². The molecular formula is C17H18Cl2N2O2. The van der Waals surface area contributed by atoms with Crippen LogP contribution >= 0.6 is 23.2 Å². The first-order valence-electron chi connectivity index (χ1n) is 7.15. The Morgan fingerprint density at radius 3 is 2.48 bits per heavy atom. The van der Waals surface area contributed by atoms with E-state index in [2.05, 4.69) is 10.6 Å². The highest BCUT2D eigenvalue weighted by Gasteiger charge is 2.04. The number of hydrogen-bond acceptors (Lipinski definition) is 2. The standard InChI is InChI=1S/C17H18Cl2N2O2/c1-11-8-15(9-12(2)16(11)19)23-7-6-20-17(22)21-14-5-3-4-13(18)10-14/h3-5,8-10H,6-7H2,1-2H3,(H2,20,21,22). The third-order valence-corrected chi connectivity index (χ3v) is 3.98. The Morgan fingerprint density at radius 2 is 1.83 bits per heavy atom. The Labute approximate surface area is 145 Å². The molecule has 122 valence electrons. The second-order valence-corrected chi connectivity index (χ2v) is 5.93. The third kappa shape index (κ3) is 5.34. The van der Waals surface area contributed by atoms with Gasteiger partial charge in [-0.3, -0.25) is 0 Å². The van der Waals surface area contributed by atoms with Crippen LogP contribution in [-0.4, -0.2) is 19.2 Å². The molecule has 2 amide bonds. The molecule has 0 aliphatic carbocycles. The number of carbonyl (C=O) groups excluding carboxylic acids is 1. The van der Waals surface area contributed by atoms with Gasteiger partial charge in [0.2, 0.25) is 0 Å². The lowest BCUT2D eigenvalue weighted by Gasteiger charge is -2.11. The summed E-state index contributed by atoms with van der Waals surface area (Å²) in [5, 5.41) is 6.73. The molecule has 0 aromatic heterocycles. The lowest BCUT2D eigenvalue weighted by molar-refractivity contribution is 0.247. The second kappa shape index (κ2) is 8.09. The molecule has 0 aliphatic heterocycles. The van der Waals surface area contributed by atoms with E-state index in [0.717, 1.165) is 21.9 Å². The van der Waals surface area contributed by atoms with Gasteiger partial charge in [0.25, 0.3) is 0 Å². The summed E-state index contributed by atoms with van der Waals surface area (Å²) in [4.78, 5) is 11.7. The highest BCUT2D eigenvalue weighted by Crippen LogP contribution is 2.25. The van der Waals surface area contributed by atoms with Crippen molar-refractivity contribution in [1.29, 1.82) is 0 Å². The maximum atomic E-state index is 11.7. The van der Waals surface area contributed by atoms with Gasteiger partial charge in [-0.2, -0.15) is 0 Å². The van der Waals surface area contributed by atoms with Crippen molar-refractivity contribution in [3.05, 3.63) is 57.6 Å². The molecular weight excluding hydrogens is 335 g/mol. The van der Waals surface area contributed by atoms with Gasteiger partial charge in [0.15, 0.2) is 0 Å². The zero-order valence-electron chi connectivity index (χ0n) is 13.0. The first-order chi connectivity index (χ1) is 11.0. The van der Waals surface area contributed by atoms with E-state index in [1.165, 1.54) is 0 Å². The number of benzene rings is 2. The number of amides is 2. The first-order valence-corrected chi connectivity index (χ1v) is 7.91. The van der Waals surface area contributed by atoms with Crippen molar-refractivity contribution in [1.82, 2.24) is 5.32 Å². The van der Waals surface area contributed by atoms with Gasteiger partial charge in [-0.15, -0.1) is 0 Å². The topological polar surface area (TPSA) is 50.4 Å². The normalized spacial score (nSPS) is 10.3. The highest BCUT2D eigenvalue weighted by molar-refractivity contribution is 6.32. The molecule has 23 heavy (non-hydrogen) atoms. The van der Waals surface area contributed by atoms with Gasteiger partial charge >= 0.3 is 6.03 Å². The van der Waals surface area contributed by atoms with E-state index in [4.69, 9.17) is 27.9 Å². The molecule has 4 nitrogen and oxygen atoms in total. The van der Waals surface area contributed by atoms with E-state index in [-0.39, 0.29) is 6.03 Å². The van der Waals surface area contributed by atoms with Crippen LogP contribution in [0.2, 0.25) is 10.0 Å². The minimum Gasteiger partial charge on any atom is -0.492 e. The SMILES string of the molecule is Cc1cc(OCCNC(=O)Nc2cccc(Cl)c2)cc(C)c1Cl. The van der Waals surface area contributed by atoms with Crippen molar-refractivity contribution >= 4 is 34.9 Å². The van der Waals surface area contributed by atoms with Crippen LogP contribution in [0.25, 0.3) is 0 Å². The fourth-order valence-corrected chi connectivity index (χ4v) is 2.36. The molecule has 0 atom stereocenters. The molecule has 0 aliphatic rings. The molecule has 0 saturated carbocycles. The van der Waals surface area contributed by atoms with E-state index < -0.39 is 0 Å². The van der Waals surface area contributed by atoms with Gasteiger partial charge in [-0.25, -0.2) is 4.79 Å². The molecule has 2 aromatic rings. The Kier molecular flexibility index (Phi) is 6.13. The minimum absolute atomic E-state index is 0.306. The predicted octanol–water partition coefficient (Wildman–Crippen LogP) is 4.81. The summed E-state index contributed by atoms with van der Waals surface area (Å²) in [7, 11) is 0. The molecule has 2 aromatic carbocycles. The second-order valence-electron chi connectivity index (χ2n) is 5.11. The number of halogens is 2. The van der Waals surface area contributed by atoms with Gasteiger partial charge in [0, 0.05) is 15.7 Å². The van der Waals surface area contributed by atoms with Crippen molar-refractivity contribution in [3.63, 3.8) is 0 Å². The zero-order valence-corrected chi connectivity index (χ0v) is 14.5. The molecule has 2 rings (SSSR count). The highest BCUT2D eigenvalue weighted by atomic mass is 35.5. The zero-order chi connectivity index (χ0) is 16.8. The van der Waals surface area contributed by atoms with Crippen LogP contribution < -0.4 is 15.4 Å². The summed E-state index contributed by atoms with van der Waals surface area (Å²) in [5.74, 6) is 0.737. The average molecular weight is 353 g/mol. The molecule has 0 spiro atoms. The lowest BCUT2D eigenvalue weighted by atomic mass is 10.1. The van der Waals surface area contributed by atoms with Crippen molar-refractivity contribution in [2.45, 2.75) is 13.8 Å². The van der Waals surface area contributed by atoms with Gasteiger partial charge in [0.05, 0.1) is 6.54 Å². The lowest BCUT2D eigenvalue weighted by Crippen LogP contribution is -2.32. The van der Waals surface area contributed by atoms with Crippen LogP contribution in [-0.2, 0) is 0 Å². The van der Waals surface area contributed by atoms with Crippen LogP contribution in [0.1, 0.15) is 11.1 Å². The molecule has 6 heteroatoms. The van der Waals surface area contributed by atoms with Crippen molar-refractivity contribution in [2.75, 3.05) is 18.5 Å². The van der Waals surface area contributed by atoms with Crippen molar-refractivity contribution in [2.24, 2.45) is 0 Å². The van der Waals surface area contributed by atoms with Gasteiger partial charge in [-0.05, 0) is 55.3 Å². The predicted molar refractivity (Wildman–Crippen MR) is 94.9 cm³/mol. The summed E-state index contributed by atoms with van der Waals surface area (Å²) >= 11 is 12.0. The number of hydrogen-bond donors (Lipinski definition) is 2. The summed E-state index contributed by atoms with van der Waals surface area (Å²) in [6, 6.07) is 10.4. The van der Waals surface area contributed by atoms with Crippen LogP contribution in [0.4, 0.5) is 10.5 Å². The Morgan fingerprint density at radius 1 is 1.13 bits per heavy atom. The van der Waals surface area contributed by atoms with E-state index in [1.807, 2.05) is 26.0 Å². The Hall–Kier alpha value is -1.91. The van der Waals surface area contributed by atoms with Crippen molar-refractivity contribution < 1.29 is 9.53 Å². The fourth-order valence-electron chi connectivity index (χ4n) is 2.06. The molecule has 0 saturated heterocycles. The smallest absolute Gasteiger partial charge is 0.319 e. The third-order valence-electron chi connectivity index (χ3n) is 3.15. The van der Waals surface area contributed by atoms with Gasteiger partial charge in [0.1, 0.15) is 12.4 Å². The number of anilines is 1. The maximum Gasteiger partial charge on any atom is 0.319 e. The largest absolute Gasteiger partial charge is 0.492 e. The van der Waals surface area contributed by atoms with Crippen LogP contribution in [0.5, 0.6) is 5.75 Å². The summed E-state index contributed by atoms with van der Waals surface area (Å²) in [5.41, 5.74) is 2.57. The number of ether oxygens (including phenoxy) is 1. The monoisotopic (exact) mass is 352 g/mol. The first kappa shape index (κ1) is 17.4. The molecule has 0 heterocycles. The molecule has 0 fully saturated rings. The number of urea groups is 1. The number of aryl methyl sites for hydroxylation is 2. The van der Waals surface area contributed by atoms with Crippen molar-refractivity contribution in [3.8, 4) is 5.75 Å². The minimum atomic E-state index is -0.306. The maximum absolute atomic E-state index is 11.7. The summed E-state index contributed by atoms with van der Waals surface area (Å²) in [6.07, 6.45) is 0. The van der Waals surface area contributed by atoms with Crippen LogP contribution in [0, 0.1) is 13.8 Å². The van der Waals surface area contributed by atoms with Gasteiger partial charge < -0.3 is 15.4 Å². The molecule has 0 bridgehead atoms. The summed E-state index contributed by atoms with van der Waals surface area (Å²) in [6.45, 7) is 4.61. The molecule has 2 N–H and O–H groups in total. The Bertz CT molecular complexity index is 682. The number of rotatable bonds is 5. The summed E-state index contributed by atoms with van der Waals surface area (Å²) < 4.78 is 5.62. The Balaban J connectivity index is 1.76. The van der Waals surface area contributed by atoms with E-state index in [1.54, 1.807) is 24.3 Å². The van der Waals surface area contributed by atoms with Gasteiger partial charge in [-0.1, -0.05) is 29.3 Å². The molecule has 0 radical (unpaired) electrons. The molecule has 0 unspecified atom stereocenters. The quantitative estimate of drug-likeness (QED) is 0.758. The van der Waals surface area contributed by atoms with Crippen LogP contribution in [0.15, 0.2) is 36.4 Å².